The number of ketones is 1. The first kappa shape index (κ1) is 11.8. The molecule has 2 fully saturated rings. The summed E-state index contributed by atoms with van der Waals surface area (Å²) in [6, 6.07) is 1.08. The van der Waals surface area contributed by atoms with Gasteiger partial charge in [-0.15, -0.1) is 0 Å². The van der Waals surface area contributed by atoms with Gasteiger partial charge in [0.15, 0.2) is 5.78 Å². The molecule has 3 rings (SSSR count). The molecule has 1 N–H and O–H groups in total. The van der Waals surface area contributed by atoms with E-state index in [4.69, 9.17) is 0 Å². The van der Waals surface area contributed by atoms with Crippen molar-refractivity contribution in [2.75, 3.05) is 0 Å². The normalized spacial score (nSPS) is 31.1. The first-order valence-electron chi connectivity index (χ1n) is 6.81. The van der Waals surface area contributed by atoms with E-state index in [1.165, 1.54) is 19.3 Å². The Kier molecular flexibility index (Phi) is 3.12. The first-order chi connectivity index (χ1) is 8.72. The molecule has 0 aromatic carbocycles. The Balaban J connectivity index is 1.74. The summed E-state index contributed by atoms with van der Waals surface area (Å²) in [6.45, 7) is 1.84. The fourth-order valence-corrected chi connectivity index (χ4v) is 3.24. The van der Waals surface area contributed by atoms with Crippen LogP contribution >= 0.6 is 0 Å². The van der Waals surface area contributed by atoms with Gasteiger partial charge in [0.1, 0.15) is 5.82 Å². The number of rotatable bonds is 2. The molecule has 4 heteroatoms. The van der Waals surface area contributed by atoms with Crippen molar-refractivity contribution in [2.24, 2.45) is 5.92 Å². The molecule has 4 nitrogen and oxygen atoms in total. The van der Waals surface area contributed by atoms with Gasteiger partial charge in [0.25, 0.3) is 0 Å². The van der Waals surface area contributed by atoms with Crippen molar-refractivity contribution in [3.8, 4) is 0 Å². The van der Waals surface area contributed by atoms with Crippen LogP contribution in [-0.2, 0) is 0 Å². The predicted molar refractivity (Wildman–Crippen MR) is 68.4 cm³/mol. The van der Waals surface area contributed by atoms with E-state index in [-0.39, 0.29) is 11.7 Å². The highest BCUT2D eigenvalue weighted by Gasteiger charge is 2.34. The number of hydrogen-bond acceptors (Lipinski definition) is 4. The molecule has 2 bridgehead atoms. The molecule has 2 aliphatic heterocycles. The molecule has 3 heterocycles. The second-order valence-electron chi connectivity index (χ2n) is 5.54. The van der Waals surface area contributed by atoms with Crippen LogP contribution in [0.3, 0.4) is 0 Å². The summed E-state index contributed by atoms with van der Waals surface area (Å²) < 4.78 is 0. The maximum Gasteiger partial charge on any atom is 0.169 e. The number of nitrogens with zero attached hydrogens (tertiary/aromatic N) is 2. The van der Waals surface area contributed by atoms with Crippen LogP contribution in [0.25, 0.3) is 0 Å². The Labute approximate surface area is 107 Å². The molecule has 0 aliphatic carbocycles. The van der Waals surface area contributed by atoms with Gasteiger partial charge in [0.05, 0.1) is 5.56 Å². The van der Waals surface area contributed by atoms with Gasteiger partial charge in [-0.1, -0.05) is 6.42 Å². The van der Waals surface area contributed by atoms with Crippen LogP contribution in [0, 0.1) is 12.8 Å². The summed E-state index contributed by atoms with van der Waals surface area (Å²) in [5.74, 6) is 1.11. The highest BCUT2D eigenvalue weighted by atomic mass is 16.1. The third-order valence-electron chi connectivity index (χ3n) is 4.15. The van der Waals surface area contributed by atoms with Gasteiger partial charge < -0.3 is 5.32 Å². The van der Waals surface area contributed by atoms with Gasteiger partial charge in [-0.05, 0) is 32.6 Å². The number of nitrogens with one attached hydrogen (secondary N) is 1. The molecule has 96 valence electrons. The van der Waals surface area contributed by atoms with Crippen LogP contribution in [0.4, 0.5) is 0 Å². The lowest BCUT2D eigenvalue weighted by atomic mass is 9.77. The second-order valence-corrected chi connectivity index (χ2v) is 5.54. The third-order valence-corrected chi connectivity index (χ3v) is 4.15. The van der Waals surface area contributed by atoms with E-state index in [0.29, 0.717) is 23.5 Å². The van der Waals surface area contributed by atoms with Crippen LogP contribution in [-0.4, -0.2) is 27.8 Å². The van der Waals surface area contributed by atoms with Crippen LogP contribution in [0.5, 0.6) is 0 Å². The summed E-state index contributed by atoms with van der Waals surface area (Å²) >= 11 is 0. The van der Waals surface area contributed by atoms with Gasteiger partial charge in [0, 0.05) is 30.4 Å². The van der Waals surface area contributed by atoms with Crippen LogP contribution in [0.15, 0.2) is 12.4 Å². The SMILES string of the molecule is Cc1ncc(C(=O)C2CC3CCCC(C2)N3)cn1. The minimum atomic E-state index is 0.160. The Hall–Kier alpha value is -1.29. The van der Waals surface area contributed by atoms with Crippen molar-refractivity contribution in [3.63, 3.8) is 0 Å². The third kappa shape index (κ3) is 2.29. The number of carbonyl (C=O) groups excluding carboxylic acids is 1. The smallest absolute Gasteiger partial charge is 0.169 e. The largest absolute Gasteiger partial charge is 0.311 e. The van der Waals surface area contributed by atoms with E-state index < -0.39 is 0 Å². The van der Waals surface area contributed by atoms with Crippen LogP contribution in [0.2, 0.25) is 0 Å². The molecule has 0 saturated carbocycles. The van der Waals surface area contributed by atoms with E-state index in [9.17, 15) is 4.79 Å². The van der Waals surface area contributed by atoms with Gasteiger partial charge in [-0.2, -0.15) is 0 Å². The number of aromatic nitrogens is 2. The van der Waals surface area contributed by atoms with E-state index in [2.05, 4.69) is 15.3 Å². The number of piperidine rings is 2. The van der Waals surface area contributed by atoms with Crippen molar-refractivity contribution in [2.45, 2.75) is 51.1 Å². The lowest BCUT2D eigenvalue weighted by molar-refractivity contribution is 0.0824. The average Bonchev–Trinajstić information content (AvgIpc) is 2.38. The van der Waals surface area contributed by atoms with Crippen molar-refractivity contribution in [1.29, 1.82) is 0 Å². The molecule has 2 aliphatic rings. The predicted octanol–water partition coefficient (Wildman–Crippen LogP) is 1.89. The van der Waals surface area contributed by atoms with E-state index in [0.717, 1.165) is 12.8 Å². The molecule has 1 aromatic rings. The standard InChI is InChI=1S/C14H19N3O/c1-9-15-7-11(8-16-9)14(18)10-5-12-3-2-4-13(6-10)17-12/h7-8,10,12-13,17H,2-6H2,1H3. The molecule has 2 saturated heterocycles. The summed E-state index contributed by atoms with van der Waals surface area (Å²) in [7, 11) is 0. The topological polar surface area (TPSA) is 54.9 Å². The monoisotopic (exact) mass is 245 g/mol. The molecule has 18 heavy (non-hydrogen) atoms. The fourth-order valence-electron chi connectivity index (χ4n) is 3.24. The Morgan fingerprint density at radius 3 is 2.44 bits per heavy atom. The summed E-state index contributed by atoms with van der Waals surface area (Å²) in [6.07, 6.45) is 9.02. The molecule has 2 atom stereocenters. The number of carbonyl (C=O) groups is 1. The molecule has 2 unspecified atom stereocenters. The number of aryl methyl sites for hydroxylation is 1. The molecule has 0 radical (unpaired) electrons. The maximum atomic E-state index is 12.4. The summed E-state index contributed by atoms with van der Waals surface area (Å²) in [4.78, 5) is 20.7. The number of fused-ring (bicyclic) bond motifs is 2. The molecular formula is C14H19N3O. The van der Waals surface area contributed by atoms with Gasteiger partial charge in [-0.25, -0.2) is 9.97 Å². The van der Waals surface area contributed by atoms with Gasteiger partial charge in [-0.3, -0.25) is 4.79 Å². The van der Waals surface area contributed by atoms with E-state index >= 15 is 0 Å². The zero-order valence-corrected chi connectivity index (χ0v) is 10.7. The fraction of sp³-hybridized carbons (Fsp3) is 0.643. The van der Waals surface area contributed by atoms with Crippen molar-refractivity contribution in [1.82, 2.24) is 15.3 Å². The highest BCUT2D eigenvalue weighted by molar-refractivity contribution is 5.97. The quantitative estimate of drug-likeness (QED) is 0.808. The second kappa shape index (κ2) is 4.76. The van der Waals surface area contributed by atoms with Crippen molar-refractivity contribution < 1.29 is 4.79 Å². The van der Waals surface area contributed by atoms with Crippen molar-refractivity contribution >= 4 is 5.78 Å². The van der Waals surface area contributed by atoms with Gasteiger partial charge >= 0.3 is 0 Å². The Bertz CT molecular complexity index is 431. The number of Topliss-reactive ketones (excluding diaryl/α,β-unsaturated/α-hetero) is 1. The zero-order valence-electron chi connectivity index (χ0n) is 10.7. The van der Waals surface area contributed by atoms with Gasteiger partial charge in [0.2, 0.25) is 0 Å². The molecular weight excluding hydrogens is 226 g/mol. The van der Waals surface area contributed by atoms with Crippen LogP contribution < -0.4 is 5.32 Å². The number of hydrogen-bond donors (Lipinski definition) is 1. The zero-order chi connectivity index (χ0) is 12.5. The average molecular weight is 245 g/mol. The Morgan fingerprint density at radius 2 is 1.83 bits per heavy atom. The lowest BCUT2D eigenvalue weighted by Gasteiger charge is -2.39. The van der Waals surface area contributed by atoms with E-state index in [1.54, 1.807) is 12.4 Å². The maximum absolute atomic E-state index is 12.4. The van der Waals surface area contributed by atoms with Crippen LogP contribution in [0.1, 0.15) is 48.3 Å². The minimum absolute atomic E-state index is 0.160. The Morgan fingerprint density at radius 1 is 1.22 bits per heavy atom. The minimum Gasteiger partial charge on any atom is -0.311 e. The highest BCUT2D eigenvalue weighted by Crippen LogP contribution is 2.31. The molecule has 0 amide bonds. The lowest BCUT2D eigenvalue weighted by Crippen LogP contribution is -2.50. The first-order valence-corrected chi connectivity index (χ1v) is 6.81. The molecule has 1 aromatic heterocycles. The molecule has 0 spiro atoms. The van der Waals surface area contributed by atoms with Crippen molar-refractivity contribution in [3.05, 3.63) is 23.8 Å². The summed E-state index contributed by atoms with van der Waals surface area (Å²) in [5.41, 5.74) is 0.672. The summed E-state index contributed by atoms with van der Waals surface area (Å²) in [5, 5.41) is 3.61. The van der Waals surface area contributed by atoms with E-state index in [1.807, 2.05) is 6.92 Å².